The summed E-state index contributed by atoms with van der Waals surface area (Å²) in [6.45, 7) is 0.341. The maximum atomic E-state index is 11.9. The molecule has 0 bridgehead atoms. The van der Waals surface area contributed by atoms with Gasteiger partial charge in [0.1, 0.15) is 0 Å². The van der Waals surface area contributed by atoms with Crippen LogP contribution in [0.5, 0.6) is 0 Å². The van der Waals surface area contributed by atoms with Crippen molar-refractivity contribution in [1.29, 1.82) is 0 Å². The first-order valence-corrected chi connectivity index (χ1v) is 7.29. The lowest BCUT2D eigenvalue weighted by Crippen LogP contribution is -2.08. The number of hydrogen-bond acceptors (Lipinski definition) is 3. The lowest BCUT2D eigenvalue weighted by molar-refractivity contribution is 0.0500. The molecule has 3 nitrogen and oxygen atoms in total. The first-order valence-electron chi connectivity index (χ1n) is 6.53. The van der Waals surface area contributed by atoms with Crippen LogP contribution < -0.4 is 5.73 Å². The number of nitrogen functional groups attached to an aromatic ring is 1. The molecule has 2 aromatic carbocycles. The van der Waals surface area contributed by atoms with Crippen LogP contribution in [0.15, 0.2) is 42.5 Å². The summed E-state index contributed by atoms with van der Waals surface area (Å²) in [7, 11) is 0. The normalized spacial score (nSPS) is 10.4. The molecule has 5 heteroatoms. The number of ether oxygens (including phenoxy) is 1. The molecule has 0 aliphatic carbocycles. The van der Waals surface area contributed by atoms with Crippen LogP contribution >= 0.6 is 23.2 Å². The number of nitrogens with two attached hydrogens (primary N) is 1. The zero-order valence-corrected chi connectivity index (χ0v) is 12.8. The highest BCUT2D eigenvalue weighted by Crippen LogP contribution is 2.29. The molecule has 0 radical (unpaired) electrons. The Balaban J connectivity index is 1.85. The van der Waals surface area contributed by atoms with Crippen molar-refractivity contribution in [2.45, 2.75) is 12.8 Å². The van der Waals surface area contributed by atoms with Crippen molar-refractivity contribution in [3.63, 3.8) is 0 Å². The molecular formula is C16H15Cl2NO2. The quantitative estimate of drug-likeness (QED) is 0.505. The minimum Gasteiger partial charge on any atom is -0.462 e. The van der Waals surface area contributed by atoms with Crippen LogP contribution in [-0.4, -0.2) is 12.6 Å². The smallest absolute Gasteiger partial charge is 0.338 e. The highest BCUT2D eigenvalue weighted by molar-refractivity contribution is 6.43. The standard InChI is InChI=1S/C16H15Cl2NO2/c17-13-9-12(10-14(19)15(13)18)16(20)21-8-4-7-11-5-2-1-3-6-11/h1-3,5-6,9-10H,4,7-8,19H2. The SMILES string of the molecule is Nc1cc(C(=O)OCCCc2ccccc2)cc(Cl)c1Cl. The average Bonchev–Trinajstić information content (AvgIpc) is 2.49. The number of esters is 1. The first kappa shape index (κ1) is 15.7. The number of carbonyl (C=O) groups is 1. The molecule has 0 saturated heterocycles. The van der Waals surface area contributed by atoms with E-state index in [1.807, 2.05) is 30.3 Å². The number of rotatable bonds is 5. The lowest BCUT2D eigenvalue weighted by atomic mass is 10.1. The Morgan fingerprint density at radius 3 is 2.52 bits per heavy atom. The minimum atomic E-state index is -0.451. The highest BCUT2D eigenvalue weighted by Gasteiger charge is 2.12. The first-order chi connectivity index (χ1) is 10.1. The van der Waals surface area contributed by atoms with Gasteiger partial charge in [0, 0.05) is 0 Å². The largest absolute Gasteiger partial charge is 0.462 e. The topological polar surface area (TPSA) is 52.3 Å². The second-order valence-corrected chi connectivity index (χ2v) is 5.37. The predicted molar refractivity (Wildman–Crippen MR) is 85.9 cm³/mol. The molecular weight excluding hydrogens is 309 g/mol. The lowest BCUT2D eigenvalue weighted by Gasteiger charge is -2.07. The summed E-state index contributed by atoms with van der Waals surface area (Å²) in [5, 5.41) is 0.491. The fraction of sp³-hybridized carbons (Fsp3) is 0.188. The Kier molecular flexibility index (Phi) is 5.48. The monoisotopic (exact) mass is 323 g/mol. The Hall–Kier alpha value is -1.71. The fourth-order valence-electron chi connectivity index (χ4n) is 1.90. The molecule has 0 atom stereocenters. The average molecular weight is 324 g/mol. The predicted octanol–water partition coefficient (Wildman–Crippen LogP) is 4.37. The fourth-order valence-corrected chi connectivity index (χ4v) is 2.23. The van der Waals surface area contributed by atoms with E-state index in [0.29, 0.717) is 12.2 Å². The van der Waals surface area contributed by atoms with Gasteiger partial charge in [-0.3, -0.25) is 0 Å². The molecule has 0 fully saturated rings. The molecule has 0 unspecified atom stereocenters. The maximum absolute atomic E-state index is 11.9. The van der Waals surface area contributed by atoms with Crippen molar-refractivity contribution in [3.05, 3.63) is 63.6 Å². The van der Waals surface area contributed by atoms with E-state index in [-0.39, 0.29) is 15.7 Å². The van der Waals surface area contributed by atoms with Crippen LogP contribution in [0, 0.1) is 0 Å². The van der Waals surface area contributed by atoms with Gasteiger partial charge in [-0.2, -0.15) is 0 Å². The summed E-state index contributed by atoms with van der Waals surface area (Å²) < 4.78 is 5.20. The van der Waals surface area contributed by atoms with E-state index >= 15 is 0 Å². The third kappa shape index (κ3) is 4.38. The van der Waals surface area contributed by atoms with Crippen molar-refractivity contribution < 1.29 is 9.53 Å². The number of halogens is 2. The molecule has 110 valence electrons. The summed E-state index contributed by atoms with van der Waals surface area (Å²) in [5.74, 6) is -0.451. The molecule has 0 aliphatic rings. The van der Waals surface area contributed by atoms with E-state index < -0.39 is 5.97 Å². The Labute approximate surface area is 133 Å². The molecule has 2 N–H and O–H groups in total. The van der Waals surface area contributed by atoms with Gasteiger partial charge in [-0.15, -0.1) is 0 Å². The number of hydrogen-bond donors (Lipinski definition) is 1. The van der Waals surface area contributed by atoms with Gasteiger partial charge < -0.3 is 10.5 Å². The van der Waals surface area contributed by atoms with Gasteiger partial charge in [-0.25, -0.2) is 4.79 Å². The molecule has 0 heterocycles. The Morgan fingerprint density at radius 1 is 1.14 bits per heavy atom. The van der Waals surface area contributed by atoms with Crippen molar-refractivity contribution in [1.82, 2.24) is 0 Å². The molecule has 2 aromatic rings. The summed E-state index contributed by atoms with van der Waals surface area (Å²) in [6.07, 6.45) is 1.62. The number of carbonyl (C=O) groups excluding carboxylic acids is 1. The van der Waals surface area contributed by atoms with Crippen LogP contribution in [0.4, 0.5) is 5.69 Å². The van der Waals surface area contributed by atoms with Gasteiger partial charge in [-0.1, -0.05) is 53.5 Å². The zero-order valence-electron chi connectivity index (χ0n) is 11.3. The highest BCUT2D eigenvalue weighted by atomic mass is 35.5. The van der Waals surface area contributed by atoms with E-state index in [1.54, 1.807) is 0 Å². The van der Waals surface area contributed by atoms with E-state index in [0.717, 1.165) is 12.8 Å². The van der Waals surface area contributed by atoms with Gasteiger partial charge >= 0.3 is 5.97 Å². The number of aryl methyl sites for hydroxylation is 1. The molecule has 0 saturated carbocycles. The van der Waals surface area contributed by atoms with Crippen LogP contribution in [0.3, 0.4) is 0 Å². The molecule has 0 aromatic heterocycles. The molecule has 2 rings (SSSR count). The van der Waals surface area contributed by atoms with Gasteiger partial charge in [0.25, 0.3) is 0 Å². The Morgan fingerprint density at radius 2 is 1.86 bits per heavy atom. The van der Waals surface area contributed by atoms with E-state index in [1.165, 1.54) is 17.7 Å². The summed E-state index contributed by atoms with van der Waals surface area (Å²) in [6, 6.07) is 13.0. The summed E-state index contributed by atoms with van der Waals surface area (Å²) in [5.41, 5.74) is 7.45. The van der Waals surface area contributed by atoms with Gasteiger partial charge in [0.15, 0.2) is 0 Å². The minimum absolute atomic E-state index is 0.243. The van der Waals surface area contributed by atoms with Crippen LogP contribution in [0.1, 0.15) is 22.3 Å². The molecule has 0 spiro atoms. The Bertz CT molecular complexity index is 606. The van der Waals surface area contributed by atoms with Crippen LogP contribution in [-0.2, 0) is 11.2 Å². The van der Waals surface area contributed by atoms with Gasteiger partial charge in [0.2, 0.25) is 0 Å². The molecule has 21 heavy (non-hydrogen) atoms. The third-order valence-corrected chi connectivity index (χ3v) is 3.79. The van der Waals surface area contributed by atoms with Crippen molar-refractivity contribution in [2.75, 3.05) is 12.3 Å². The molecule has 0 amide bonds. The van der Waals surface area contributed by atoms with Crippen LogP contribution in [0.2, 0.25) is 10.0 Å². The zero-order chi connectivity index (χ0) is 15.2. The molecule has 0 aliphatic heterocycles. The van der Waals surface area contributed by atoms with Crippen molar-refractivity contribution in [3.8, 4) is 0 Å². The van der Waals surface area contributed by atoms with Crippen molar-refractivity contribution >= 4 is 34.9 Å². The van der Waals surface area contributed by atoms with Gasteiger partial charge in [0.05, 0.1) is 27.9 Å². The van der Waals surface area contributed by atoms with Gasteiger partial charge in [-0.05, 0) is 30.5 Å². The second kappa shape index (κ2) is 7.34. The van der Waals surface area contributed by atoms with E-state index in [2.05, 4.69) is 0 Å². The summed E-state index contributed by atoms with van der Waals surface area (Å²) in [4.78, 5) is 11.9. The van der Waals surface area contributed by atoms with Crippen LogP contribution in [0.25, 0.3) is 0 Å². The van der Waals surface area contributed by atoms with E-state index in [4.69, 9.17) is 33.7 Å². The summed E-state index contributed by atoms with van der Waals surface area (Å²) >= 11 is 11.7. The van der Waals surface area contributed by atoms with Crippen molar-refractivity contribution in [2.24, 2.45) is 0 Å². The number of anilines is 1. The van der Waals surface area contributed by atoms with E-state index in [9.17, 15) is 4.79 Å². The maximum Gasteiger partial charge on any atom is 0.338 e. The second-order valence-electron chi connectivity index (χ2n) is 4.59. The third-order valence-electron chi connectivity index (χ3n) is 2.98. The number of benzene rings is 2.